The molecule has 7 nitrogen and oxygen atoms in total. The third-order valence-electron chi connectivity index (χ3n) is 6.92. The van der Waals surface area contributed by atoms with Crippen molar-refractivity contribution >= 4 is 17.6 Å². The number of hydrogen-bond donors (Lipinski definition) is 0. The fraction of sp³-hybridized carbons (Fsp3) is 0.462. The van der Waals surface area contributed by atoms with Gasteiger partial charge in [-0.1, -0.05) is 43.3 Å². The fourth-order valence-electron chi connectivity index (χ4n) is 4.78. The van der Waals surface area contributed by atoms with Crippen LogP contribution in [0.15, 0.2) is 59.5 Å². The largest absolute Gasteiger partial charge is 0.342 e. The maximum absolute atomic E-state index is 13.5. The van der Waals surface area contributed by atoms with Crippen molar-refractivity contribution in [2.24, 2.45) is 11.8 Å². The minimum atomic E-state index is -1.25. The normalized spacial score (nSPS) is 18.7. The summed E-state index contributed by atoms with van der Waals surface area (Å²) in [4.78, 5) is 55.9. The molecule has 1 atom stereocenters. The van der Waals surface area contributed by atoms with Crippen LogP contribution in [0, 0.1) is 11.8 Å². The van der Waals surface area contributed by atoms with E-state index in [0.29, 0.717) is 37.4 Å². The van der Waals surface area contributed by atoms with E-state index in [1.165, 1.54) is 16.8 Å². The van der Waals surface area contributed by atoms with Gasteiger partial charge in [-0.15, -0.1) is 0 Å². The number of ketones is 1. The lowest BCUT2D eigenvalue weighted by Crippen LogP contribution is -2.49. The Balaban J connectivity index is 1.48. The maximum Gasteiger partial charge on any atom is 0.253 e. The molecule has 2 saturated heterocycles. The zero-order valence-corrected chi connectivity index (χ0v) is 19.1. The number of piperidine rings is 2. The summed E-state index contributed by atoms with van der Waals surface area (Å²) >= 11 is 0. The van der Waals surface area contributed by atoms with E-state index in [1.54, 1.807) is 47.4 Å². The molecule has 2 aliphatic heterocycles. The molecule has 0 saturated carbocycles. The number of pyridine rings is 1. The van der Waals surface area contributed by atoms with Crippen LogP contribution in [-0.2, 0) is 9.59 Å². The average molecular weight is 450 g/mol. The lowest BCUT2D eigenvalue weighted by atomic mass is 9.92. The molecule has 2 aliphatic rings. The maximum atomic E-state index is 13.5. The Kier molecular flexibility index (Phi) is 7.06. The molecule has 1 aromatic heterocycles. The van der Waals surface area contributed by atoms with Crippen molar-refractivity contribution in [1.82, 2.24) is 14.4 Å². The molecule has 0 radical (unpaired) electrons. The molecule has 33 heavy (non-hydrogen) atoms. The average Bonchev–Trinajstić information content (AvgIpc) is 2.86. The molecule has 174 valence electrons. The van der Waals surface area contributed by atoms with Gasteiger partial charge in [0.2, 0.25) is 5.91 Å². The third-order valence-corrected chi connectivity index (χ3v) is 6.92. The number of Topliss-reactive ketones (excluding diaryl/α,β-unsaturated/α-hetero) is 1. The van der Waals surface area contributed by atoms with E-state index in [2.05, 4.69) is 6.92 Å². The monoisotopic (exact) mass is 449 g/mol. The second-order valence-electron chi connectivity index (χ2n) is 9.19. The van der Waals surface area contributed by atoms with E-state index in [4.69, 9.17) is 0 Å². The number of hydrogen-bond acceptors (Lipinski definition) is 4. The van der Waals surface area contributed by atoms with E-state index in [-0.39, 0.29) is 11.8 Å². The Morgan fingerprint density at radius 3 is 2.06 bits per heavy atom. The number of nitrogens with zero attached hydrogens (tertiary/aromatic N) is 3. The molecular weight excluding hydrogens is 418 g/mol. The Labute approximate surface area is 194 Å². The number of rotatable bonds is 5. The summed E-state index contributed by atoms with van der Waals surface area (Å²) in [6.07, 6.45) is 4.72. The van der Waals surface area contributed by atoms with Crippen LogP contribution < -0.4 is 5.56 Å². The summed E-state index contributed by atoms with van der Waals surface area (Å²) in [5.41, 5.74) is -0.0134. The van der Waals surface area contributed by atoms with Crippen LogP contribution in [0.1, 0.15) is 49.0 Å². The highest BCUT2D eigenvalue weighted by Crippen LogP contribution is 2.26. The van der Waals surface area contributed by atoms with Gasteiger partial charge >= 0.3 is 0 Å². The van der Waals surface area contributed by atoms with Gasteiger partial charge in [0.25, 0.3) is 11.5 Å². The number of aromatic nitrogens is 1. The van der Waals surface area contributed by atoms with Gasteiger partial charge in [-0.25, -0.2) is 0 Å². The van der Waals surface area contributed by atoms with Crippen molar-refractivity contribution in [2.75, 3.05) is 26.2 Å². The topological polar surface area (TPSA) is 79.7 Å². The third kappa shape index (κ3) is 5.07. The standard InChI is InChI=1S/C26H31N3O4/c1-19-10-15-27(16-11-19)25(32)21-12-17-28(18-13-21)26(33)23(29-14-6-5-9-22(29)30)24(31)20-7-3-2-4-8-20/h2-9,14,19,21,23H,10-13,15-18H2,1H3/t23-/m0/s1. The van der Waals surface area contributed by atoms with Gasteiger partial charge < -0.3 is 9.80 Å². The van der Waals surface area contributed by atoms with Crippen LogP contribution in [-0.4, -0.2) is 58.1 Å². The van der Waals surface area contributed by atoms with E-state index < -0.39 is 23.3 Å². The lowest BCUT2D eigenvalue weighted by molar-refractivity contribution is -0.142. The molecule has 0 spiro atoms. The number of amides is 2. The Bertz CT molecular complexity index is 1050. The quantitative estimate of drug-likeness (QED) is 0.519. The summed E-state index contributed by atoms with van der Waals surface area (Å²) in [6.45, 7) is 4.64. The molecule has 7 heteroatoms. The minimum absolute atomic E-state index is 0.0924. The van der Waals surface area contributed by atoms with Gasteiger partial charge in [0.15, 0.2) is 11.8 Å². The van der Waals surface area contributed by atoms with E-state index in [9.17, 15) is 19.2 Å². The molecule has 0 N–H and O–H groups in total. The molecule has 1 aromatic carbocycles. The molecule has 4 rings (SSSR count). The van der Waals surface area contributed by atoms with Crippen LogP contribution in [0.2, 0.25) is 0 Å². The number of benzene rings is 1. The minimum Gasteiger partial charge on any atom is -0.342 e. The van der Waals surface area contributed by atoms with Crippen LogP contribution >= 0.6 is 0 Å². The first-order valence-electron chi connectivity index (χ1n) is 11.8. The van der Waals surface area contributed by atoms with Crippen LogP contribution in [0.5, 0.6) is 0 Å². The van der Waals surface area contributed by atoms with E-state index in [0.717, 1.165) is 25.9 Å². The zero-order chi connectivity index (χ0) is 23.4. The summed E-state index contributed by atoms with van der Waals surface area (Å²) < 4.78 is 1.21. The number of carbonyl (C=O) groups excluding carboxylic acids is 3. The Morgan fingerprint density at radius 2 is 1.42 bits per heavy atom. The smallest absolute Gasteiger partial charge is 0.253 e. The molecule has 3 heterocycles. The van der Waals surface area contributed by atoms with Gasteiger partial charge in [0.1, 0.15) is 0 Å². The molecule has 0 aliphatic carbocycles. The first-order chi connectivity index (χ1) is 16.0. The summed E-state index contributed by atoms with van der Waals surface area (Å²) in [5.74, 6) is -0.0475. The molecule has 0 unspecified atom stereocenters. The first-order valence-corrected chi connectivity index (χ1v) is 11.8. The Hall–Kier alpha value is -3.22. The molecule has 2 fully saturated rings. The van der Waals surface area contributed by atoms with Crippen molar-refractivity contribution in [1.29, 1.82) is 0 Å². The van der Waals surface area contributed by atoms with Gasteiger partial charge in [-0.05, 0) is 37.7 Å². The van der Waals surface area contributed by atoms with Gasteiger partial charge in [0.05, 0.1) is 0 Å². The molecule has 0 bridgehead atoms. The van der Waals surface area contributed by atoms with Crippen molar-refractivity contribution in [2.45, 2.75) is 38.6 Å². The number of likely N-dealkylation sites (tertiary alicyclic amines) is 2. The van der Waals surface area contributed by atoms with E-state index >= 15 is 0 Å². The van der Waals surface area contributed by atoms with Crippen molar-refractivity contribution in [3.8, 4) is 0 Å². The second kappa shape index (κ2) is 10.1. The van der Waals surface area contributed by atoms with Crippen LogP contribution in [0.25, 0.3) is 0 Å². The van der Waals surface area contributed by atoms with Crippen LogP contribution in [0.3, 0.4) is 0 Å². The van der Waals surface area contributed by atoms with Crippen molar-refractivity contribution < 1.29 is 14.4 Å². The molecule has 2 aromatic rings. The lowest BCUT2D eigenvalue weighted by Gasteiger charge is -2.37. The van der Waals surface area contributed by atoms with Crippen molar-refractivity contribution in [3.63, 3.8) is 0 Å². The zero-order valence-electron chi connectivity index (χ0n) is 19.1. The highest BCUT2D eigenvalue weighted by atomic mass is 16.2. The van der Waals surface area contributed by atoms with Gasteiger partial charge in [-0.2, -0.15) is 0 Å². The number of carbonyl (C=O) groups is 3. The van der Waals surface area contributed by atoms with Gasteiger partial charge in [-0.3, -0.25) is 23.7 Å². The summed E-state index contributed by atoms with van der Waals surface area (Å²) in [7, 11) is 0. The van der Waals surface area contributed by atoms with Gasteiger partial charge in [0, 0.05) is 49.9 Å². The van der Waals surface area contributed by atoms with E-state index in [1.807, 2.05) is 4.90 Å². The predicted molar refractivity (Wildman–Crippen MR) is 125 cm³/mol. The highest BCUT2D eigenvalue weighted by Gasteiger charge is 2.37. The van der Waals surface area contributed by atoms with Crippen molar-refractivity contribution in [3.05, 3.63) is 70.6 Å². The predicted octanol–water partition coefficient (Wildman–Crippen LogP) is 2.77. The molecule has 2 amide bonds. The highest BCUT2D eigenvalue weighted by molar-refractivity contribution is 6.11. The SMILES string of the molecule is CC1CCN(C(=O)C2CCN(C(=O)[C@H](C(=O)c3ccccc3)n3ccccc3=O)CC2)CC1. The first kappa shape index (κ1) is 23.0. The second-order valence-corrected chi connectivity index (χ2v) is 9.19. The summed E-state index contributed by atoms with van der Waals surface area (Å²) in [5, 5.41) is 0. The fourth-order valence-corrected chi connectivity index (χ4v) is 4.78. The molecular formula is C26H31N3O4. The van der Waals surface area contributed by atoms with Crippen LogP contribution in [0.4, 0.5) is 0 Å². The summed E-state index contributed by atoms with van der Waals surface area (Å²) in [6, 6.07) is 11.9. The Morgan fingerprint density at radius 1 is 0.818 bits per heavy atom.